The van der Waals surface area contributed by atoms with Gasteiger partial charge in [0.15, 0.2) is 11.5 Å². The second-order valence-corrected chi connectivity index (χ2v) is 6.19. The quantitative estimate of drug-likeness (QED) is 0.641. The number of nitrogens with one attached hydrogen (secondary N) is 2. The van der Waals surface area contributed by atoms with Gasteiger partial charge in [0, 0.05) is 23.6 Å². The number of hydrogen-bond acceptors (Lipinski definition) is 4. The lowest BCUT2D eigenvalue weighted by molar-refractivity contribution is -0.120. The maximum atomic E-state index is 12.3. The van der Waals surface area contributed by atoms with Crippen molar-refractivity contribution in [2.75, 3.05) is 27.9 Å². The fourth-order valence-electron chi connectivity index (χ4n) is 3.05. The van der Waals surface area contributed by atoms with Crippen molar-refractivity contribution >= 4 is 16.8 Å². The molecule has 0 unspecified atom stereocenters. The smallest absolute Gasteiger partial charge is 0.224 e. The minimum Gasteiger partial charge on any atom is -0.497 e. The third-order valence-electron chi connectivity index (χ3n) is 4.51. The Labute approximate surface area is 158 Å². The van der Waals surface area contributed by atoms with Gasteiger partial charge in [-0.3, -0.25) is 4.79 Å². The molecule has 1 heterocycles. The van der Waals surface area contributed by atoms with Crippen molar-refractivity contribution in [2.24, 2.45) is 0 Å². The van der Waals surface area contributed by atoms with Gasteiger partial charge < -0.3 is 24.5 Å². The van der Waals surface area contributed by atoms with E-state index >= 15 is 0 Å². The standard InChI is InChI=1S/C21H24N2O4/c1-25-16-5-6-18-17(12-16)15(13-23-18)11-21(24)22-9-8-14-4-7-19(26-2)20(10-14)27-3/h4-7,10,12-13,23H,8-9,11H2,1-3H3,(H,22,24). The summed E-state index contributed by atoms with van der Waals surface area (Å²) in [6, 6.07) is 11.6. The highest BCUT2D eigenvalue weighted by Gasteiger charge is 2.10. The fourth-order valence-corrected chi connectivity index (χ4v) is 3.05. The molecule has 3 rings (SSSR count). The zero-order chi connectivity index (χ0) is 19.2. The molecule has 3 aromatic rings. The van der Waals surface area contributed by atoms with Crippen LogP contribution in [-0.4, -0.2) is 38.8 Å². The first-order valence-electron chi connectivity index (χ1n) is 8.76. The number of aromatic amines is 1. The summed E-state index contributed by atoms with van der Waals surface area (Å²) >= 11 is 0. The van der Waals surface area contributed by atoms with Crippen LogP contribution in [0.2, 0.25) is 0 Å². The van der Waals surface area contributed by atoms with Crippen LogP contribution in [0, 0.1) is 0 Å². The van der Waals surface area contributed by atoms with Crippen molar-refractivity contribution in [3.05, 3.63) is 53.7 Å². The van der Waals surface area contributed by atoms with Gasteiger partial charge in [0.2, 0.25) is 5.91 Å². The molecule has 0 aliphatic carbocycles. The molecule has 6 heteroatoms. The van der Waals surface area contributed by atoms with Crippen LogP contribution >= 0.6 is 0 Å². The Balaban J connectivity index is 1.57. The first-order chi connectivity index (χ1) is 13.1. The second-order valence-electron chi connectivity index (χ2n) is 6.19. The Morgan fingerprint density at radius 1 is 1.00 bits per heavy atom. The minimum atomic E-state index is -0.0146. The van der Waals surface area contributed by atoms with Crippen LogP contribution in [0.1, 0.15) is 11.1 Å². The molecule has 0 bridgehead atoms. The monoisotopic (exact) mass is 368 g/mol. The van der Waals surface area contributed by atoms with Crippen LogP contribution in [-0.2, 0) is 17.6 Å². The first-order valence-corrected chi connectivity index (χ1v) is 8.76. The number of rotatable bonds is 8. The summed E-state index contributed by atoms with van der Waals surface area (Å²) in [4.78, 5) is 15.5. The van der Waals surface area contributed by atoms with E-state index in [4.69, 9.17) is 14.2 Å². The zero-order valence-corrected chi connectivity index (χ0v) is 15.8. The van der Waals surface area contributed by atoms with Gasteiger partial charge >= 0.3 is 0 Å². The summed E-state index contributed by atoms with van der Waals surface area (Å²) in [5.74, 6) is 2.14. The number of fused-ring (bicyclic) bond motifs is 1. The Bertz CT molecular complexity index is 933. The summed E-state index contributed by atoms with van der Waals surface area (Å²) in [6.45, 7) is 0.556. The van der Waals surface area contributed by atoms with Gasteiger partial charge in [0.25, 0.3) is 0 Å². The molecule has 6 nitrogen and oxygen atoms in total. The number of aromatic nitrogens is 1. The van der Waals surface area contributed by atoms with E-state index in [1.54, 1.807) is 21.3 Å². The molecule has 0 radical (unpaired) electrons. The highest BCUT2D eigenvalue weighted by atomic mass is 16.5. The van der Waals surface area contributed by atoms with Crippen molar-refractivity contribution in [3.63, 3.8) is 0 Å². The number of amides is 1. The van der Waals surface area contributed by atoms with Crippen molar-refractivity contribution in [2.45, 2.75) is 12.8 Å². The van der Waals surface area contributed by atoms with Crippen LogP contribution < -0.4 is 19.5 Å². The Hall–Kier alpha value is -3.15. The molecule has 0 saturated carbocycles. The predicted molar refractivity (Wildman–Crippen MR) is 105 cm³/mol. The van der Waals surface area contributed by atoms with Crippen LogP contribution in [0.15, 0.2) is 42.6 Å². The summed E-state index contributed by atoms with van der Waals surface area (Å²) in [6.07, 6.45) is 2.91. The van der Waals surface area contributed by atoms with Crippen molar-refractivity contribution in [3.8, 4) is 17.2 Å². The van der Waals surface area contributed by atoms with Gasteiger partial charge in [-0.2, -0.15) is 0 Å². The van der Waals surface area contributed by atoms with E-state index in [1.165, 1.54) is 0 Å². The molecule has 0 aliphatic heterocycles. The van der Waals surface area contributed by atoms with E-state index < -0.39 is 0 Å². The van der Waals surface area contributed by atoms with Gasteiger partial charge in [0.05, 0.1) is 27.8 Å². The number of methoxy groups -OCH3 is 3. The van der Waals surface area contributed by atoms with Gasteiger partial charge in [-0.15, -0.1) is 0 Å². The van der Waals surface area contributed by atoms with Crippen molar-refractivity contribution < 1.29 is 19.0 Å². The summed E-state index contributed by atoms with van der Waals surface area (Å²) in [5.41, 5.74) is 3.02. The molecule has 27 heavy (non-hydrogen) atoms. The topological polar surface area (TPSA) is 72.6 Å². The van der Waals surface area contributed by atoms with E-state index in [0.717, 1.165) is 27.8 Å². The lowest BCUT2D eigenvalue weighted by Gasteiger charge is -2.10. The predicted octanol–water partition coefficient (Wildman–Crippen LogP) is 3.10. The number of benzene rings is 2. The van der Waals surface area contributed by atoms with E-state index in [2.05, 4.69) is 10.3 Å². The maximum Gasteiger partial charge on any atom is 0.224 e. The molecule has 1 aromatic heterocycles. The van der Waals surface area contributed by atoms with Crippen LogP contribution in [0.5, 0.6) is 17.2 Å². The van der Waals surface area contributed by atoms with Gasteiger partial charge in [-0.25, -0.2) is 0 Å². The molecule has 0 atom stereocenters. The molecule has 142 valence electrons. The van der Waals surface area contributed by atoms with Crippen LogP contribution in [0.25, 0.3) is 10.9 Å². The third-order valence-corrected chi connectivity index (χ3v) is 4.51. The highest BCUT2D eigenvalue weighted by Crippen LogP contribution is 2.27. The molecular weight excluding hydrogens is 344 g/mol. The number of carbonyl (C=O) groups is 1. The summed E-state index contributed by atoms with van der Waals surface area (Å²) < 4.78 is 15.8. The number of ether oxygens (including phenoxy) is 3. The Kier molecular flexibility index (Phi) is 5.86. The number of H-pyrrole nitrogens is 1. The Morgan fingerprint density at radius 3 is 2.56 bits per heavy atom. The van der Waals surface area contributed by atoms with Crippen molar-refractivity contribution in [1.29, 1.82) is 0 Å². The van der Waals surface area contributed by atoms with Gasteiger partial charge in [-0.05, 0) is 47.9 Å². The lowest BCUT2D eigenvalue weighted by atomic mass is 10.1. The second kappa shape index (κ2) is 8.49. The number of hydrogen-bond donors (Lipinski definition) is 2. The SMILES string of the molecule is COc1ccc2[nH]cc(CC(=O)NCCc3ccc(OC)c(OC)c3)c2c1. The molecule has 0 aliphatic rings. The summed E-state index contributed by atoms with van der Waals surface area (Å²) in [7, 11) is 4.85. The maximum absolute atomic E-state index is 12.3. The average Bonchev–Trinajstić information content (AvgIpc) is 3.09. The molecule has 2 N–H and O–H groups in total. The molecule has 0 spiro atoms. The average molecular weight is 368 g/mol. The third kappa shape index (κ3) is 4.34. The van der Waals surface area contributed by atoms with E-state index in [-0.39, 0.29) is 5.91 Å². The van der Waals surface area contributed by atoms with Gasteiger partial charge in [-0.1, -0.05) is 6.07 Å². The lowest BCUT2D eigenvalue weighted by Crippen LogP contribution is -2.27. The molecule has 1 amide bonds. The van der Waals surface area contributed by atoms with Crippen molar-refractivity contribution in [1.82, 2.24) is 10.3 Å². The van der Waals surface area contributed by atoms with E-state index in [1.807, 2.05) is 42.6 Å². The van der Waals surface area contributed by atoms with E-state index in [0.29, 0.717) is 30.9 Å². The largest absolute Gasteiger partial charge is 0.497 e. The molecule has 2 aromatic carbocycles. The Morgan fingerprint density at radius 2 is 1.81 bits per heavy atom. The van der Waals surface area contributed by atoms with Crippen LogP contribution in [0.3, 0.4) is 0 Å². The van der Waals surface area contributed by atoms with E-state index in [9.17, 15) is 4.79 Å². The molecular formula is C21H24N2O4. The van der Waals surface area contributed by atoms with Gasteiger partial charge in [0.1, 0.15) is 5.75 Å². The first kappa shape index (κ1) is 18.6. The zero-order valence-electron chi connectivity index (χ0n) is 15.8. The number of carbonyl (C=O) groups excluding carboxylic acids is 1. The fraction of sp³-hybridized carbons (Fsp3) is 0.286. The molecule has 0 saturated heterocycles. The summed E-state index contributed by atoms with van der Waals surface area (Å²) in [5, 5.41) is 3.98. The minimum absolute atomic E-state index is 0.0146. The highest BCUT2D eigenvalue weighted by molar-refractivity contribution is 5.89. The molecule has 0 fully saturated rings. The normalized spacial score (nSPS) is 10.6. The van der Waals surface area contributed by atoms with Crippen LogP contribution in [0.4, 0.5) is 0 Å².